The second-order valence-corrected chi connectivity index (χ2v) is 5.98. The molecule has 1 rings (SSSR count). The molecule has 0 fully saturated rings. The van der Waals surface area contributed by atoms with Crippen LogP contribution in [0, 0.1) is 5.92 Å². The second kappa shape index (κ2) is 9.34. The first kappa shape index (κ1) is 17.4. The fourth-order valence-electron chi connectivity index (χ4n) is 1.87. The van der Waals surface area contributed by atoms with Gasteiger partial charge in [0.2, 0.25) is 0 Å². The lowest BCUT2D eigenvalue weighted by Crippen LogP contribution is -2.27. The smallest absolute Gasteiger partial charge is 0.252 e. The number of nitrogens with zero attached hydrogens (tertiary/aromatic N) is 2. The van der Waals surface area contributed by atoms with E-state index in [1.807, 2.05) is 20.2 Å². The highest BCUT2D eigenvalue weighted by Crippen LogP contribution is 2.09. The normalized spacial score (nSPS) is 11.0. The van der Waals surface area contributed by atoms with E-state index in [4.69, 9.17) is 0 Å². The topological polar surface area (TPSA) is 57.3 Å². The fourth-order valence-corrected chi connectivity index (χ4v) is 1.87. The van der Waals surface area contributed by atoms with E-state index >= 15 is 0 Å². The third-order valence-corrected chi connectivity index (χ3v) is 3.12. The molecule has 0 bridgehead atoms. The summed E-state index contributed by atoms with van der Waals surface area (Å²) in [4.78, 5) is 18.3. The number of pyridine rings is 1. The van der Waals surface area contributed by atoms with Crippen molar-refractivity contribution in [3.8, 4) is 0 Å². The van der Waals surface area contributed by atoms with Crippen molar-refractivity contribution < 1.29 is 4.79 Å². The molecular weight excluding hydrogens is 264 g/mol. The summed E-state index contributed by atoms with van der Waals surface area (Å²) in [5.74, 6) is 0.599. The van der Waals surface area contributed by atoms with Crippen LogP contribution in [0.1, 0.15) is 37.0 Å². The molecule has 1 aromatic heterocycles. The molecule has 0 unspecified atom stereocenters. The van der Waals surface area contributed by atoms with Crippen LogP contribution in [0.15, 0.2) is 18.5 Å². The van der Waals surface area contributed by atoms with Crippen LogP contribution in [0.3, 0.4) is 0 Å². The van der Waals surface area contributed by atoms with Crippen LogP contribution in [-0.4, -0.2) is 49.5 Å². The van der Waals surface area contributed by atoms with Crippen molar-refractivity contribution in [3.05, 3.63) is 24.0 Å². The predicted octanol–water partition coefficient (Wildman–Crippen LogP) is 2.22. The maximum atomic E-state index is 12.0. The van der Waals surface area contributed by atoms with Crippen molar-refractivity contribution in [1.29, 1.82) is 0 Å². The minimum atomic E-state index is -0.0613. The van der Waals surface area contributed by atoms with Crippen molar-refractivity contribution in [1.82, 2.24) is 15.2 Å². The quantitative estimate of drug-likeness (QED) is 0.685. The van der Waals surface area contributed by atoms with Gasteiger partial charge in [0.05, 0.1) is 11.3 Å². The van der Waals surface area contributed by atoms with Gasteiger partial charge in [-0.25, -0.2) is 0 Å². The van der Waals surface area contributed by atoms with Crippen LogP contribution in [0.5, 0.6) is 0 Å². The minimum absolute atomic E-state index is 0.0613. The van der Waals surface area contributed by atoms with Crippen molar-refractivity contribution in [2.75, 3.05) is 39.0 Å². The SMILES string of the molecule is CC(C)CCNc1cncc(C(=O)NCCCN(C)C)c1. The molecule has 0 atom stereocenters. The van der Waals surface area contributed by atoms with E-state index in [1.165, 1.54) is 0 Å². The maximum Gasteiger partial charge on any atom is 0.252 e. The van der Waals surface area contributed by atoms with Crippen LogP contribution in [-0.2, 0) is 0 Å². The summed E-state index contributed by atoms with van der Waals surface area (Å²) in [6, 6.07) is 1.86. The molecule has 0 aliphatic rings. The van der Waals surface area contributed by atoms with Crippen molar-refractivity contribution in [3.63, 3.8) is 0 Å². The van der Waals surface area contributed by atoms with E-state index in [1.54, 1.807) is 12.4 Å². The van der Waals surface area contributed by atoms with Crippen LogP contribution in [0.2, 0.25) is 0 Å². The standard InChI is InChI=1S/C16H28N4O/c1-13(2)6-8-18-15-10-14(11-17-12-15)16(21)19-7-5-9-20(3)4/h10-13,18H,5-9H2,1-4H3,(H,19,21). The Morgan fingerprint density at radius 1 is 1.29 bits per heavy atom. The van der Waals surface area contributed by atoms with Gasteiger partial charge in [0.25, 0.3) is 5.91 Å². The minimum Gasteiger partial charge on any atom is -0.384 e. The number of hydrogen-bond acceptors (Lipinski definition) is 4. The highest BCUT2D eigenvalue weighted by Gasteiger charge is 2.06. The average molecular weight is 292 g/mol. The lowest BCUT2D eigenvalue weighted by molar-refractivity contribution is 0.0952. The second-order valence-electron chi connectivity index (χ2n) is 5.98. The summed E-state index contributed by atoms with van der Waals surface area (Å²) >= 11 is 0. The lowest BCUT2D eigenvalue weighted by atomic mass is 10.1. The van der Waals surface area contributed by atoms with Gasteiger partial charge in [-0.15, -0.1) is 0 Å². The Morgan fingerprint density at radius 3 is 2.71 bits per heavy atom. The van der Waals surface area contributed by atoms with Crippen molar-refractivity contribution in [2.24, 2.45) is 5.92 Å². The van der Waals surface area contributed by atoms with Crippen LogP contribution >= 0.6 is 0 Å². The van der Waals surface area contributed by atoms with Gasteiger partial charge < -0.3 is 15.5 Å². The molecule has 0 spiro atoms. The van der Waals surface area contributed by atoms with Crippen molar-refractivity contribution in [2.45, 2.75) is 26.7 Å². The number of carbonyl (C=O) groups is 1. The molecule has 1 amide bonds. The molecule has 118 valence electrons. The third-order valence-electron chi connectivity index (χ3n) is 3.12. The number of nitrogens with one attached hydrogen (secondary N) is 2. The largest absolute Gasteiger partial charge is 0.384 e. The molecule has 1 aromatic rings. The fraction of sp³-hybridized carbons (Fsp3) is 0.625. The Morgan fingerprint density at radius 2 is 2.05 bits per heavy atom. The number of hydrogen-bond donors (Lipinski definition) is 2. The Balaban J connectivity index is 2.41. The number of anilines is 1. The molecule has 0 radical (unpaired) electrons. The van der Waals surface area contributed by atoms with Gasteiger partial charge in [-0.05, 0) is 45.5 Å². The van der Waals surface area contributed by atoms with Crippen molar-refractivity contribution >= 4 is 11.6 Å². The summed E-state index contributed by atoms with van der Waals surface area (Å²) in [7, 11) is 4.05. The molecule has 1 heterocycles. The predicted molar refractivity (Wildman–Crippen MR) is 87.7 cm³/mol. The first-order valence-corrected chi connectivity index (χ1v) is 7.61. The Hall–Kier alpha value is -1.62. The molecule has 0 saturated carbocycles. The number of carbonyl (C=O) groups excluding carboxylic acids is 1. The number of rotatable bonds is 9. The molecule has 0 aliphatic carbocycles. The molecule has 5 heteroatoms. The molecule has 5 nitrogen and oxygen atoms in total. The van der Waals surface area contributed by atoms with Crippen LogP contribution < -0.4 is 10.6 Å². The Bertz CT molecular complexity index is 432. The van der Waals surface area contributed by atoms with Crippen LogP contribution in [0.4, 0.5) is 5.69 Å². The molecule has 0 aliphatic heterocycles. The summed E-state index contributed by atoms with van der Waals surface area (Å²) in [6.45, 7) is 6.93. The first-order valence-electron chi connectivity index (χ1n) is 7.61. The summed E-state index contributed by atoms with van der Waals surface area (Å²) in [5.41, 5.74) is 1.51. The number of amides is 1. The first-order chi connectivity index (χ1) is 9.99. The highest BCUT2D eigenvalue weighted by molar-refractivity contribution is 5.94. The zero-order valence-electron chi connectivity index (χ0n) is 13.6. The van der Waals surface area contributed by atoms with Gasteiger partial charge in [-0.2, -0.15) is 0 Å². The molecule has 2 N–H and O–H groups in total. The average Bonchev–Trinajstić information content (AvgIpc) is 2.43. The van der Waals surface area contributed by atoms with Crippen LogP contribution in [0.25, 0.3) is 0 Å². The maximum absolute atomic E-state index is 12.0. The molecule has 21 heavy (non-hydrogen) atoms. The summed E-state index contributed by atoms with van der Waals surface area (Å²) in [6.07, 6.45) is 5.40. The Labute approximate surface area is 128 Å². The monoisotopic (exact) mass is 292 g/mol. The van der Waals surface area contributed by atoms with Gasteiger partial charge in [0.15, 0.2) is 0 Å². The van der Waals surface area contributed by atoms with E-state index < -0.39 is 0 Å². The zero-order valence-corrected chi connectivity index (χ0v) is 13.6. The van der Waals surface area contributed by atoms with Gasteiger partial charge in [-0.1, -0.05) is 13.8 Å². The number of aromatic nitrogens is 1. The molecule has 0 saturated heterocycles. The molecular formula is C16H28N4O. The van der Waals surface area contributed by atoms with E-state index in [0.29, 0.717) is 18.0 Å². The van der Waals surface area contributed by atoms with E-state index in [-0.39, 0.29) is 5.91 Å². The zero-order chi connectivity index (χ0) is 15.7. The summed E-state index contributed by atoms with van der Waals surface area (Å²) in [5, 5.41) is 6.23. The Kier molecular flexibility index (Phi) is 7.75. The molecule has 0 aromatic carbocycles. The van der Waals surface area contributed by atoms with Gasteiger partial charge in [0.1, 0.15) is 0 Å². The van der Waals surface area contributed by atoms with E-state index in [2.05, 4.69) is 34.4 Å². The van der Waals surface area contributed by atoms with E-state index in [9.17, 15) is 4.79 Å². The van der Waals surface area contributed by atoms with Gasteiger partial charge in [-0.3, -0.25) is 9.78 Å². The van der Waals surface area contributed by atoms with E-state index in [0.717, 1.165) is 31.6 Å². The van der Waals surface area contributed by atoms with Gasteiger partial charge >= 0.3 is 0 Å². The summed E-state index contributed by atoms with van der Waals surface area (Å²) < 4.78 is 0. The third kappa shape index (κ3) is 7.66. The lowest BCUT2D eigenvalue weighted by Gasteiger charge is -2.11. The highest BCUT2D eigenvalue weighted by atomic mass is 16.1. The van der Waals surface area contributed by atoms with Gasteiger partial charge in [0, 0.05) is 25.5 Å².